The summed E-state index contributed by atoms with van der Waals surface area (Å²) in [5.41, 5.74) is 0.210. The first-order valence-corrected chi connectivity index (χ1v) is 12.1. The molecule has 1 amide bonds. The molecule has 3 rings (SSSR count). The van der Waals surface area contributed by atoms with Crippen molar-refractivity contribution < 1.29 is 22.7 Å². The summed E-state index contributed by atoms with van der Waals surface area (Å²) in [6.07, 6.45) is 2.70. The number of methoxy groups -OCH3 is 1. The molecule has 2 aromatic rings. The van der Waals surface area contributed by atoms with Crippen molar-refractivity contribution in [3.05, 3.63) is 29.8 Å². The minimum Gasteiger partial charge on any atom is -0.468 e. The van der Waals surface area contributed by atoms with Gasteiger partial charge in [-0.05, 0) is 31.0 Å². The van der Waals surface area contributed by atoms with Crippen LogP contribution in [0.3, 0.4) is 0 Å². The largest absolute Gasteiger partial charge is 0.468 e. The predicted molar refractivity (Wildman–Crippen MR) is 110 cm³/mol. The van der Waals surface area contributed by atoms with Gasteiger partial charge in [-0.25, -0.2) is 8.42 Å². The molecular weight excluding hydrogens is 436 g/mol. The highest BCUT2D eigenvalue weighted by molar-refractivity contribution is 8.01. The summed E-state index contributed by atoms with van der Waals surface area (Å²) in [6.45, 7) is 0.991. The van der Waals surface area contributed by atoms with E-state index in [4.69, 9.17) is 0 Å². The van der Waals surface area contributed by atoms with Crippen molar-refractivity contribution in [1.29, 1.82) is 0 Å². The van der Waals surface area contributed by atoms with E-state index in [1.165, 1.54) is 23.5 Å². The molecule has 1 saturated heterocycles. The fraction of sp³-hybridized carbons (Fsp3) is 0.412. The second-order valence-corrected chi connectivity index (χ2v) is 10.3. The third-order valence-corrected chi connectivity index (χ3v) is 8.06. The average molecular weight is 457 g/mol. The molecule has 0 saturated carbocycles. The molecule has 0 spiro atoms. The summed E-state index contributed by atoms with van der Waals surface area (Å²) >= 11 is 2.27. The summed E-state index contributed by atoms with van der Waals surface area (Å²) in [5, 5.41) is 10.6. The molecule has 1 aromatic carbocycles. The second kappa shape index (κ2) is 9.65. The van der Waals surface area contributed by atoms with E-state index in [-0.39, 0.29) is 27.3 Å². The summed E-state index contributed by atoms with van der Waals surface area (Å²) in [7, 11) is -2.32. The smallest absolute Gasteiger partial charge is 0.316 e. The topological polar surface area (TPSA) is 119 Å². The minimum absolute atomic E-state index is 0.0927. The summed E-state index contributed by atoms with van der Waals surface area (Å²) in [6, 6.07) is 5.95. The summed E-state index contributed by atoms with van der Waals surface area (Å²) < 4.78 is 32.1. The van der Waals surface area contributed by atoms with Crippen molar-refractivity contribution in [3.63, 3.8) is 0 Å². The molecule has 29 heavy (non-hydrogen) atoms. The number of aromatic nitrogens is 2. The Bertz CT molecular complexity index is 986. The normalized spacial score (nSPS) is 15.1. The fourth-order valence-corrected chi connectivity index (χ4v) is 5.86. The van der Waals surface area contributed by atoms with Crippen molar-refractivity contribution >= 4 is 50.1 Å². The van der Waals surface area contributed by atoms with Gasteiger partial charge in [0, 0.05) is 18.7 Å². The maximum Gasteiger partial charge on any atom is 0.316 e. The highest BCUT2D eigenvalue weighted by Gasteiger charge is 2.26. The lowest BCUT2D eigenvalue weighted by molar-refractivity contribution is -0.137. The van der Waals surface area contributed by atoms with Crippen LogP contribution < -0.4 is 5.32 Å². The fourth-order valence-electron chi connectivity index (χ4n) is 2.72. The van der Waals surface area contributed by atoms with E-state index >= 15 is 0 Å². The third kappa shape index (κ3) is 5.53. The van der Waals surface area contributed by atoms with Crippen LogP contribution in [0, 0.1) is 0 Å². The van der Waals surface area contributed by atoms with Gasteiger partial charge in [0.15, 0.2) is 4.34 Å². The van der Waals surface area contributed by atoms with E-state index in [0.717, 1.165) is 42.4 Å². The van der Waals surface area contributed by atoms with Gasteiger partial charge < -0.3 is 4.74 Å². The zero-order chi connectivity index (χ0) is 20.9. The number of esters is 1. The van der Waals surface area contributed by atoms with Crippen LogP contribution >= 0.6 is 23.1 Å². The number of amides is 1. The number of ether oxygens (including phenoxy) is 1. The number of carbonyl (C=O) groups excluding carboxylic acids is 2. The Labute approximate surface area is 176 Å². The van der Waals surface area contributed by atoms with Gasteiger partial charge in [-0.15, -0.1) is 10.2 Å². The van der Waals surface area contributed by atoms with Crippen molar-refractivity contribution in [2.24, 2.45) is 0 Å². The first kappa shape index (κ1) is 21.7. The Morgan fingerprint density at radius 2 is 2.00 bits per heavy atom. The van der Waals surface area contributed by atoms with Gasteiger partial charge in [-0.3, -0.25) is 14.9 Å². The number of thioether (sulfide) groups is 1. The van der Waals surface area contributed by atoms with Crippen LogP contribution in [0.4, 0.5) is 5.13 Å². The zero-order valence-electron chi connectivity index (χ0n) is 15.7. The number of nitrogens with one attached hydrogen (secondary N) is 1. The number of hydrogen-bond acceptors (Lipinski definition) is 9. The average Bonchev–Trinajstić information content (AvgIpc) is 3.20. The molecule has 0 radical (unpaired) electrons. The van der Waals surface area contributed by atoms with Crippen molar-refractivity contribution in [3.8, 4) is 0 Å². The quantitative estimate of drug-likeness (QED) is 0.383. The van der Waals surface area contributed by atoms with E-state index in [9.17, 15) is 18.0 Å². The first-order valence-electron chi connectivity index (χ1n) is 8.85. The molecule has 1 aliphatic rings. The molecule has 1 aliphatic heterocycles. The van der Waals surface area contributed by atoms with Crippen LogP contribution in [0.25, 0.3) is 0 Å². The second-order valence-electron chi connectivity index (χ2n) is 6.18. The van der Waals surface area contributed by atoms with Gasteiger partial charge in [0.25, 0.3) is 5.91 Å². The molecule has 1 aromatic heterocycles. The van der Waals surface area contributed by atoms with Crippen LogP contribution in [0.2, 0.25) is 0 Å². The van der Waals surface area contributed by atoms with E-state index in [1.54, 1.807) is 12.1 Å². The Balaban J connectivity index is 1.68. The van der Waals surface area contributed by atoms with Crippen molar-refractivity contribution in [1.82, 2.24) is 14.5 Å². The molecule has 0 aliphatic carbocycles. The molecule has 0 atom stereocenters. The van der Waals surface area contributed by atoms with Crippen LogP contribution in [0.15, 0.2) is 33.5 Å². The van der Waals surface area contributed by atoms with Crippen LogP contribution in [0.5, 0.6) is 0 Å². The molecule has 9 nitrogen and oxygen atoms in total. The molecule has 1 fully saturated rings. The van der Waals surface area contributed by atoms with Gasteiger partial charge in [-0.2, -0.15) is 4.31 Å². The maximum atomic E-state index is 12.8. The van der Waals surface area contributed by atoms with Crippen LogP contribution in [-0.4, -0.2) is 60.7 Å². The van der Waals surface area contributed by atoms with Gasteiger partial charge in [-0.1, -0.05) is 35.6 Å². The highest BCUT2D eigenvalue weighted by atomic mass is 32.2. The Hall–Kier alpha value is -2.02. The standard InChI is InChI=1S/C17H20N4O5S3/c1-26-14(22)11-27-17-20-19-16(28-17)18-15(23)12-6-5-7-13(10-12)29(24,25)21-8-3-2-4-9-21/h5-7,10H,2-4,8-9,11H2,1H3,(H,18,19,23). The number of piperidine rings is 1. The lowest BCUT2D eigenvalue weighted by atomic mass is 10.2. The summed E-state index contributed by atoms with van der Waals surface area (Å²) in [5.74, 6) is -0.779. The van der Waals surface area contributed by atoms with Gasteiger partial charge in [0.2, 0.25) is 15.2 Å². The first-order chi connectivity index (χ1) is 13.9. The van der Waals surface area contributed by atoms with Gasteiger partial charge in [0.05, 0.1) is 17.8 Å². The monoisotopic (exact) mass is 456 g/mol. The van der Waals surface area contributed by atoms with E-state index in [0.29, 0.717) is 17.4 Å². The minimum atomic E-state index is -3.62. The number of sulfonamides is 1. The molecule has 0 bridgehead atoms. The SMILES string of the molecule is COC(=O)CSc1nnc(NC(=O)c2cccc(S(=O)(=O)N3CCCCC3)c2)s1. The summed E-state index contributed by atoms with van der Waals surface area (Å²) in [4.78, 5) is 23.8. The number of rotatable bonds is 7. The Morgan fingerprint density at radius 3 is 2.72 bits per heavy atom. The number of nitrogens with zero attached hydrogens (tertiary/aromatic N) is 3. The van der Waals surface area contributed by atoms with Crippen LogP contribution in [-0.2, 0) is 19.6 Å². The predicted octanol–water partition coefficient (Wildman–Crippen LogP) is 2.23. The highest BCUT2D eigenvalue weighted by Crippen LogP contribution is 2.26. The number of benzene rings is 1. The molecule has 1 N–H and O–H groups in total. The molecule has 156 valence electrons. The van der Waals surface area contributed by atoms with Gasteiger partial charge in [0.1, 0.15) is 0 Å². The molecule has 0 unspecified atom stereocenters. The maximum absolute atomic E-state index is 12.8. The number of anilines is 1. The number of carbonyl (C=O) groups is 2. The third-order valence-electron chi connectivity index (χ3n) is 4.22. The lowest BCUT2D eigenvalue weighted by Gasteiger charge is -2.26. The van der Waals surface area contributed by atoms with Crippen molar-refractivity contribution in [2.45, 2.75) is 28.5 Å². The van der Waals surface area contributed by atoms with Gasteiger partial charge >= 0.3 is 5.97 Å². The van der Waals surface area contributed by atoms with Crippen molar-refractivity contribution in [2.75, 3.05) is 31.3 Å². The van der Waals surface area contributed by atoms with Crippen LogP contribution in [0.1, 0.15) is 29.6 Å². The molecule has 12 heteroatoms. The Kier molecular flexibility index (Phi) is 7.22. The van der Waals surface area contributed by atoms with E-state index in [1.807, 2.05) is 0 Å². The lowest BCUT2D eigenvalue weighted by Crippen LogP contribution is -2.35. The molecule has 2 heterocycles. The zero-order valence-corrected chi connectivity index (χ0v) is 18.1. The molecular formula is C17H20N4O5S3. The Morgan fingerprint density at radius 1 is 1.24 bits per heavy atom. The number of hydrogen-bond donors (Lipinski definition) is 1. The van der Waals surface area contributed by atoms with E-state index in [2.05, 4.69) is 20.3 Å². The van der Waals surface area contributed by atoms with E-state index < -0.39 is 15.9 Å².